The lowest BCUT2D eigenvalue weighted by atomic mass is 10.1. The van der Waals surface area contributed by atoms with Crippen molar-refractivity contribution in [2.24, 2.45) is 5.92 Å². The van der Waals surface area contributed by atoms with E-state index in [1.165, 1.54) is 0 Å². The van der Waals surface area contributed by atoms with Gasteiger partial charge in [-0.15, -0.1) is 0 Å². The normalized spacial score (nSPS) is 10.8. The second-order valence-corrected chi connectivity index (χ2v) is 4.67. The highest BCUT2D eigenvalue weighted by Crippen LogP contribution is 2.02. The average molecular weight is 242 g/mol. The molecule has 0 unspecified atom stereocenters. The minimum absolute atomic E-state index is 0.00288. The van der Waals surface area contributed by atoms with Gasteiger partial charge in [0.25, 0.3) is 5.56 Å². The molecule has 3 nitrogen and oxygen atoms in total. The van der Waals surface area contributed by atoms with Gasteiger partial charge in [0.15, 0.2) is 0 Å². The van der Waals surface area contributed by atoms with Gasteiger partial charge in [0, 0.05) is 18.3 Å². The number of halogens is 1. The number of pyridine rings is 1. The van der Waals surface area contributed by atoms with E-state index in [-0.39, 0.29) is 12.0 Å². The second-order valence-electron chi connectivity index (χ2n) is 4.25. The number of carbonyl (C=O) groups is 1. The standard InChI is InChI=1S/C12H16ClNO2/c1-9(2)5-7-14-6-3-4-10(12(14)16)8-11(13)15/h3-4,6,9H,5,7-8H2,1-2H3. The number of hydrogen-bond donors (Lipinski definition) is 0. The van der Waals surface area contributed by atoms with E-state index in [0.29, 0.717) is 18.0 Å². The Kier molecular flexibility index (Phi) is 4.74. The van der Waals surface area contributed by atoms with E-state index < -0.39 is 5.24 Å². The van der Waals surface area contributed by atoms with Crippen LogP contribution in [0.4, 0.5) is 0 Å². The summed E-state index contributed by atoms with van der Waals surface area (Å²) in [6.45, 7) is 4.90. The molecule has 4 heteroatoms. The van der Waals surface area contributed by atoms with Gasteiger partial charge in [-0.3, -0.25) is 9.59 Å². The summed E-state index contributed by atoms with van der Waals surface area (Å²) >= 11 is 5.28. The maximum Gasteiger partial charge on any atom is 0.254 e. The summed E-state index contributed by atoms with van der Waals surface area (Å²) in [6, 6.07) is 3.42. The molecule has 0 bridgehead atoms. The van der Waals surface area contributed by atoms with E-state index in [1.54, 1.807) is 22.9 Å². The molecule has 88 valence electrons. The lowest BCUT2D eigenvalue weighted by Gasteiger charge is -2.08. The number of nitrogens with zero attached hydrogens (tertiary/aromatic N) is 1. The largest absolute Gasteiger partial charge is 0.315 e. The number of hydrogen-bond acceptors (Lipinski definition) is 2. The molecule has 0 aliphatic rings. The van der Waals surface area contributed by atoms with Crippen LogP contribution in [-0.2, 0) is 17.8 Å². The van der Waals surface area contributed by atoms with Crippen LogP contribution >= 0.6 is 11.6 Å². The molecular weight excluding hydrogens is 226 g/mol. The van der Waals surface area contributed by atoms with Crippen molar-refractivity contribution in [1.29, 1.82) is 0 Å². The fourth-order valence-corrected chi connectivity index (χ4v) is 1.59. The van der Waals surface area contributed by atoms with Crippen LogP contribution in [0.15, 0.2) is 23.1 Å². The van der Waals surface area contributed by atoms with E-state index in [1.807, 2.05) is 0 Å². The highest BCUT2D eigenvalue weighted by atomic mass is 35.5. The van der Waals surface area contributed by atoms with Crippen LogP contribution in [0.3, 0.4) is 0 Å². The first-order chi connectivity index (χ1) is 7.50. The van der Waals surface area contributed by atoms with E-state index >= 15 is 0 Å². The summed E-state index contributed by atoms with van der Waals surface area (Å²) in [4.78, 5) is 22.6. The topological polar surface area (TPSA) is 39.1 Å². The molecule has 0 N–H and O–H groups in total. The molecule has 0 radical (unpaired) electrons. The Bertz CT molecular complexity index is 423. The Labute approximate surface area is 100 Å². The zero-order chi connectivity index (χ0) is 12.1. The number of aryl methyl sites for hydroxylation is 1. The third-order valence-corrected chi connectivity index (χ3v) is 2.51. The van der Waals surface area contributed by atoms with Crippen LogP contribution in [0.25, 0.3) is 0 Å². The van der Waals surface area contributed by atoms with Gasteiger partial charge >= 0.3 is 0 Å². The highest BCUT2D eigenvalue weighted by Gasteiger charge is 2.06. The van der Waals surface area contributed by atoms with Crippen LogP contribution in [0, 0.1) is 5.92 Å². The van der Waals surface area contributed by atoms with Gasteiger partial charge in [-0.2, -0.15) is 0 Å². The first-order valence-electron chi connectivity index (χ1n) is 5.37. The SMILES string of the molecule is CC(C)CCn1cccc(CC(=O)Cl)c1=O. The van der Waals surface area contributed by atoms with Gasteiger partial charge in [0.2, 0.25) is 5.24 Å². The summed E-state index contributed by atoms with van der Waals surface area (Å²) < 4.78 is 1.63. The van der Waals surface area contributed by atoms with Gasteiger partial charge in [-0.1, -0.05) is 19.9 Å². The first kappa shape index (κ1) is 13.0. The van der Waals surface area contributed by atoms with Crippen molar-refractivity contribution in [3.8, 4) is 0 Å². The molecule has 0 aliphatic heterocycles. The summed E-state index contributed by atoms with van der Waals surface area (Å²) in [5, 5.41) is -0.501. The molecule has 0 saturated carbocycles. The molecule has 0 aromatic carbocycles. The fraction of sp³-hybridized carbons (Fsp3) is 0.500. The minimum atomic E-state index is -0.501. The first-order valence-corrected chi connectivity index (χ1v) is 5.75. The molecule has 0 aliphatic carbocycles. The van der Waals surface area contributed by atoms with E-state index in [0.717, 1.165) is 6.42 Å². The summed E-state index contributed by atoms with van der Waals surface area (Å²) in [5.41, 5.74) is 0.350. The van der Waals surface area contributed by atoms with Crippen molar-refractivity contribution >= 4 is 16.8 Å². The van der Waals surface area contributed by atoms with Crippen molar-refractivity contribution in [2.75, 3.05) is 0 Å². The maximum atomic E-state index is 11.9. The number of aromatic nitrogens is 1. The van der Waals surface area contributed by atoms with Crippen molar-refractivity contribution in [3.63, 3.8) is 0 Å². The summed E-state index contributed by atoms with van der Waals surface area (Å²) in [7, 11) is 0. The van der Waals surface area contributed by atoms with Crippen molar-refractivity contribution in [3.05, 3.63) is 34.2 Å². The van der Waals surface area contributed by atoms with Crippen LogP contribution < -0.4 is 5.56 Å². The fourth-order valence-electron chi connectivity index (χ4n) is 1.44. The molecule has 0 fully saturated rings. The van der Waals surface area contributed by atoms with Crippen molar-refractivity contribution < 1.29 is 4.79 Å². The lowest BCUT2D eigenvalue weighted by molar-refractivity contribution is -0.111. The minimum Gasteiger partial charge on any atom is -0.315 e. The molecule has 1 aromatic heterocycles. The summed E-state index contributed by atoms with van der Waals surface area (Å²) in [5.74, 6) is 0.546. The summed E-state index contributed by atoms with van der Waals surface area (Å²) in [6.07, 6.45) is 2.69. The van der Waals surface area contributed by atoms with Gasteiger partial charge in [0.1, 0.15) is 0 Å². The zero-order valence-electron chi connectivity index (χ0n) is 9.57. The molecule has 0 atom stereocenters. The van der Waals surface area contributed by atoms with E-state index in [9.17, 15) is 9.59 Å². The van der Waals surface area contributed by atoms with Crippen LogP contribution in [-0.4, -0.2) is 9.81 Å². The molecule has 0 saturated heterocycles. The van der Waals surface area contributed by atoms with Crippen LogP contribution in [0.5, 0.6) is 0 Å². The maximum absolute atomic E-state index is 11.9. The van der Waals surface area contributed by atoms with Crippen LogP contribution in [0.2, 0.25) is 0 Å². The predicted octanol–water partition coefficient (Wildman–Crippen LogP) is 2.20. The molecule has 1 rings (SSSR count). The Hall–Kier alpha value is -1.09. The Morgan fingerprint density at radius 2 is 2.19 bits per heavy atom. The lowest BCUT2D eigenvalue weighted by Crippen LogP contribution is -2.24. The monoisotopic (exact) mass is 241 g/mol. The van der Waals surface area contributed by atoms with Gasteiger partial charge in [-0.05, 0) is 30.0 Å². The molecule has 1 heterocycles. The second kappa shape index (κ2) is 5.85. The van der Waals surface area contributed by atoms with Gasteiger partial charge < -0.3 is 4.57 Å². The quantitative estimate of drug-likeness (QED) is 0.742. The Balaban J connectivity index is 2.86. The third kappa shape index (κ3) is 3.81. The molecule has 0 spiro atoms. The highest BCUT2D eigenvalue weighted by molar-refractivity contribution is 6.63. The molecular formula is C12H16ClNO2. The van der Waals surface area contributed by atoms with Crippen molar-refractivity contribution in [1.82, 2.24) is 4.57 Å². The van der Waals surface area contributed by atoms with E-state index in [4.69, 9.17) is 11.6 Å². The average Bonchev–Trinajstić information content (AvgIpc) is 2.18. The van der Waals surface area contributed by atoms with Gasteiger partial charge in [-0.25, -0.2) is 0 Å². The smallest absolute Gasteiger partial charge is 0.254 e. The predicted molar refractivity (Wildman–Crippen MR) is 64.7 cm³/mol. The van der Waals surface area contributed by atoms with Crippen molar-refractivity contribution in [2.45, 2.75) is 33.2 Å². The molecule has 0 amide bonds. The molecule has 16 heavy (non-hydrogen) atoms. The third-order valence-electron chi connectivity index (χ3n) is 2.38. The Morgan fingerprint density at radius 3 is 2.75 bits per heavy atom. The molecule has 1 aromatic rings. The van der Waals surface area contributed by atoms with E-state index in [2.05, 4.69) is 13.8 Å². The van der Waals surface area contributed by atoms with Gasteiger partial charge in [0.05, 0.1) is 6.42 Å². The van der Waals surface area contributed by atoms with Crippen LogP contribution in [0.1, 0.15) is 25.8 Å². The number of rotatable bonds is 5. The Morgan fingerprint density at radius 1 is 1.50 bits per heavy atom. The zero-order valence-corrected chi connectivity index (χ0v) is 10.3. The number of carbonyl (C=O) groups excluding carboxylic acids is 1.